The van der Waals surface area contributed by atoms with E-state index in [-0.39, 0.29) is 5.25 Å². The first-order valence-corrected chi connectivity index (χ1v) is 9.21. The Kier molecular flexibility index (Phi) is 5.82. The van der Waals surface area contributed by atoms with Crippen LogP contribution in [0.4, 0.5) is 0 Å². The maximum Gasteiger partial charge on any atom is 0.152 e. The van der Waals surface area contributed by atoms with Gasteiger partial charge < -0.3 is 0 Å². The molecule has 1 aromatic heterocycles. The van der Waals surface area contributed by atoms with Crippen LogP contribution in [0, 0.1) is 0 Å². The van der Waals surface area contributed by atoms with Gasteiger partial charge in [-0.05, 0) is 18.9 Å². The highest BCUT2D eigenvalue weighted by Crippen LogP contribution is 2.25. The lowest BCUT2D eigenvalue weighted by Gasteiger charge is -2.19. The number of carbonyl (C=O) groups is 1. The van der Waals surface area contributed by atoms with Crippen LogP contribution < -0.4 is 0 Å². The molecule has 2 heterocycles. The van der Waals surface area contributed by atoms with E-state index in [2.05, 4.69) is 18.9 Å². The van der Waals surface area contributed by atoms with Gasteiger partial charge in [0.25, 0.3) is 0 Å². The van der Waals surface area contributed by atoms with Gasteiger partial charge in [-0.3, -0.25) is 9.48 Å². The van der Waals surface area contributed by atoms with E-state index >= 15 is 0 Å². The molecule has 5 heteroatoms. The molecule has 1 aromatic rings. The van der Waals surface area contributed by atoms with Crippen LogP contribution in [-0.2, 0) is 11.2 Å². The van der Waals surface area contributed by atoms with Crippen LogP contribution in [0.25, 0.3) is 0 Å². The molecule has 0 bridgehead atoms. The Morgan fingerprint density at radius 2 is 2.26 bits per heavy atom. The van der Waals surface area contributed by atoms with E-state index in [9.17, 15) is 4.79 Å². The summed E-state index contributed by atoms with van der Waals surface area (Å²) >= 11 is 3.70. The van der Waals surface area contributed by atoms with Crippen molar-refractivity contribution in [1.82, 2.24) is 9.78 Å². The van der Waals surface area contributed by atoms with Gasteiger partial charge in [0.2, 0.25) is 0 Å². The Bertz CT molecular complexity index is 409. The Morgan fingerprint density at radius 3 is 2.89 bits per heavy atom. The number of Topliss-reactive ketones (excluding diaryl/α,β-unsaturated/α-hetero) is 1. The van der Waals surface area contributed by atoms with Crippen molar-refractivity contribution in [3.8, 4) is 0 Å². The molecule has 1 fully saturated rings. The molecular weight excluding hydrogens is 276 g/mol. The standard InChI is InChI=1S/C14H22N2OS2/c1-3-12(4-2)16-6-5-11(15-16)9-13(17)14-10-18-7-8-19-14/h5-6,12,14H,3-4,7-10H2,1-2H3. The van der Waals surface area contributed by atoms with Crippen molar-refractivity contribution < 1.29 is 4.79 Å². The lowest BCUT2D eigenvalue weighted by molar-refractivity contribution is -0.117. The molecule has 19 heavy (non-hydrogen) atoms. The molecular formula is C14H22N2OS2. The molecule has 2 rings (SSSR count). The summed E-state index contributed by atoms with van der Waals surface area (Å²) in [6, 6.07) is 2.46. The van der Waals surface area contributed by atoms with Gasteiger partial charge in [0.05, 0.1) is 23.4 Å². The molecule has 1 aliphatic rings. The fourth-order valence-corrected chi connectivity index (χ4v) is 4.95. The average Bonchev–Trinajstić information content (AvgIpc) is 2.89. The van der Waals surface area contributed by atoms with Gasteiger partial charge in [0, 0.05) is 23.5 Å². The quantitative estimate of drug-likeness (QED) is 0.808. The molecule has 0 aromatic carbocycles. The number of hydrogen-bond acceptors (Lipinski definition) is 4. The Balaban J connectivity index is 1.93. The molecule has 1 saturated heterocycles. The van der Waals surface area contributed by atoms with Crippen LogP contribution in [0.15, 0.2) is 12.3 Å². The van der Waals surface area contributed by atoms with Crippen LogP contribution in [0.3, 0.4) is 0 Å². The van der Waals surface area contributed by atoms with E-state index in [4.69, 9.17) is 0 Å². The van der Waals surface area contributed by atoms with Gasteiger partial charge >= 0.3 is 0 Å². The van der Waals surface area contributed by atoms with Crippen LogP contribution in [0.5, 0.6) is 0 Å². The zero-order valence-corrected chi connectivity index (χ0v) is 13.3. The van der Waals surface area contributed by atoms with E-state index in [0.29, 0.717) is 18.2 Å². The number of carbonyl (C=O) groups excluding carboxylic acids is 1. The van der Waals surface area contributed by atoms with Crippen LogP contribution in [-0.4, -0.2) is 38.1 Å². The van der Waals surface area contributed by atoms with Crippen molar-refractivity contribution in [2.24, 2.45) is 0 Å². The van der Waals surface area contributed by atoms with E-state index in [1.807, 2.05) is 40.5 Å². The molecule has 1 unspecified atom stereocenters. The third-order valence-electron chi connectivity index (χ3n) is 3.51. The number of nitrogens with zero attached hydrogens (tertiary/aromatic N) is 2. The average molecular weight is 298 g/mol. The first-order chi connectivity index (χ1) is 9.24. The van der Waals surface area contributed by atoms with Crippen molar-refractivity contribution in [1.29, 1.82) is 0 Å². The number of rotatable bonds is 6. The predicted molar refractivity (Wildman–Crippen MR) is 84.1 cm³/mol. The third kappa shape index (κ3) is 4.02. The number of hydrogen-bond donors (Lipinski definition) is 0. The third-order valence-corrected chi connectivity index (χ3v) is 6.31. The minimum Gasteiger partial charge on any atom is -0.298 e. The minimum absolute atomic E-state index is 0.178. The van der Waals surface area contributed by atoms with E-state index in [1.165, 1.54) is 5.75 Å². The second kappa shape index (κ2) is 7.39. The molecule has 0 saturated carbocycles. The zero-order chi connectivity index (χ0) is 13.7. The monoisotopic (exact) mass is 298 g/mol. The SMILES string of the molecule is CCC(CC)n1ccc(CC(=O)C2CSCCS2)n1. The molecule has 1 atom stereocenters. The summed E-state index contributed by atoms with van der Waals surface area (Å²) in [7, 11) is 0. The second-order valence-corrected chi connectivity index (χ2v) is 7.30. The molecule has 0 amide bonds. The minimum atomic E-state index is 0.178. The normalized spacial score (nSPS) is 19.8. The van der Waals surface area contributed by atoms with Gasteiger partial charge in [0.15, 0.2) is 5.78 Å². The highest BCUT2D eigenvalue weighted by atomic mass is 32.2. The van der Waals surface area contributed by atoms with Crippen molar-refractivity contribution in [3.63, 3.8) is 0 Å². The lowest BCUT2D eigenvalue weighted by atomic mass is 10.2. The topological polar surface area (TPSA) is 34.9 Å². The Labute approximate surface area is 123 Å². The summed E-state index contributed by atoms with van der Waals surface area (Å²) in [5, 5.41) is 4.74. The predicted octanol–water partition coefficient (Wildman–Crippen LogP) is 3.20. The van der Waals surface area contributed by atoms with Crippen molar-refractivity contribution in [3.05, 3.63) is 18.0 Å². The summed E-state index contributed by atoms with van der Waals surface area (Å²) in [4.78, 5) is 12.2. The van der Waals surface area contributed by atoms with Crippen LogP contribution in [0.1, 0.15) is 38.4 Å². The fourth-order valence-electron chi connectivity index (χ4n) is 2.30. The first kappa shape index (κ1) is 15.0. The molecule has 0 radical (unpaired) electrons. The van der Waals surface area contributed by atoms with Crippen molar-refractivity contribution in [2.75, 3.05) is 17.3 Å². The van der Waals surface area contributed by atoms with Gasteiger partial charge in [0.1, 0.15) is 0 Å². The fraction of sp³-hybridized carbons (Fsp3) is 0.714. The van der Waals surface area contributed by atoms with E-state index in [0.717, 1.165) is 30.0 Å². The molecule has 106 valence electrons. The van der Waals surface area contributed by atoms with Gasteiger partial charge in [-0.15, -0.1) is 11.8 Å². The lowest BCUT2D eigenvalue weighted by Crippen LogP contribution is -2.26. The van der Waals surface area contributed by atoms with E-state index < -0.39 is 0 Å². The van der Waals surface area contributed by atoms with Gasteiger partial charge in [-0.2, -0.15) is 16.9 Å². The number of ketones is 1. The largest absolute Gasteiger partial charge is 0.298 e. The van der Waals surface area contributed by atoms with Crippen LogP contribution in [0.2, 0.25) is 0 Å². The number of aromatic nitrogens is 2. The summed E-state index contributed by atoms with van der Waals surface area (Å²) in [6.07, 6.45) is 4.68. The summed E-state index contributed by atoms with van der Waals surface area (Å²) < 4.78 is 2.02. The van der Waals surface area contributed by atoms with Crippen LogP contribution >= 0.6 is 23.5 Å². The highest BCUT2D eigenvalue weighted by Gasteiger charge is 2.23. The summed E-state index contributed by atoms with van der Waals surface area (Å²) in [5.41, 5.74) is 0.924. The first-order valence-electron chi connectivity index (χ1n) is 7.00. The maximum atomic E-state index is 12.2. The van der Waals surface area contributed by atoms with E-state index in [1.54, 1.807) is 0 Å². The van der Waals surface area contributed by atoms with Gasteiger partial charge in [-0.25, -0.2) is 0 Å². The second-order valence-electron chi connectivity index (χ2n) is 4.83. The molecule has 0 spiro atoms. The van der Waals surface area contributed by atoms with Crippen molar-refractivity contribution in [2.45, 2.75) is 44.4 Å². The summed E-state index contributed by atoms with van der Waals surface area (Å²) in [5.74, 6) is 3.59. The molecule has 1 aliphatic heterocycles. The Hall–Kier alpha value is -0.420. The van der Waals surface area contributed by atoms with Gasteiger partial charge in [-0.1, -0.05) is 13.8 Å². The molecule has 3 nitrogen and oxygen atoms in total. The zero-order valence-electron chi connectivity index (χ0n) is 11.7. The summed E-state index contributed by atoms with van der Waals surface area (Å²) in [6.45, 7) is 4.35. The van der Waals surface area contributed by atoms with Crippen molar-refractivity contribution >= 4 is 29.3 Å². The Morgan fingerprint density at radius 1 is 1.47 bits per heavy atom. The molecule has 0 N–H and O–H groups in total. The maximum absolute atomic E-state index is 12.2. The smallest absolute Gasteiger partial charge is 0.152 e. The highest BCUT2D eigenvalue weighted by molar-refractivity contribution is 8.07. The number of thioether (sulfide) groups is 2. The molecule has 0 aliphatic carbocycles.